The Hall–Kier alpha value is -2.84. The molecule has 2 fully saturated rings. The zero-order valence-electron chi connectivity index (χ0n) is 19.0. The second-order valence-corrected chi connectivity index (χ2v) is 10.2. The molecule has 0 bridgehead atoms. The third-order valence-corrected chi connectivity index (χ3v) is 8.16. The molecular formula is C25H29N7S. The zero-order chi connectivity index (χ0) is 22.2. The number of aryl methyl sites for hydroxylation is 1. The Morgan fingerprint density at radius 3 is 2.45 bits per heavy atom. The fourth-order valence-corrected chi connectivity index (χ4v) is 6.25. The Kier molecular flexibility index (Phi) is 5.55. The number of para-hydroxylation sites is 1. The molecule has 1 aliphatic carbocycles. The SMILES string of the molecule is Cc1ccc([C@@H](c2nnnn2C2CCCC2)N2CCN(c3nc4ccccc4s3)CC2)cc1. The van der Waals surface area contributed by atoms with Gasteiger partial charge in [0.25, 0.3) is 0 Å². The van der Waals surface area contributed by atoms with Crippen LogP contribution in [0.15, 0.2) is 48.5 Å². The maximum absolute atomic E-state index is 4.88. The van der Waals surface area contributed by atoms with Crippen LogP contribution in [0.4, 0.5) is 5.13 Å². The summed E-state index contributed by atoms with van der Waals surface area (Å²) in [6.45, 7) is 5.94. The highest BCUT2D eigenvalue weighted by Crippen LogP contribution is 2.35. The number of aromatic nitrogens is 5. The van der Waals surface area contributed by atoms with Crippen molar-refractivity contribution in [2.75, 3.05) is 31.1 Å². The molecule has 33 heavy (non-hydrogen) atoms. The average Bonchev–Trinajstić information content (AvgIpc) is 3.61. The maximum atomic E-state index is 4.88. The standard InChI is InChI=1S/C25H29N7S/c1-18-10-12-19(13-11-18)23(24-27-28-29-32(24)20-6-2-3-7-20)30-14-16-31(17-15-30)25-26-21-8-4-5-9-22(21)33-25/h4-5,8-13,20,23H,2-3,6-7,14-17H2,1H3/t23-/m0/s1. The van der Waals surface area contributed by atoms with Gasteiger partial charge >= 0.3 is 0 Å². The summed E-state index contributed by atoms with van der Waals surface area (Å²) in [4.78, 5) is 9.85. The van der Waals surface area contributed by atoms with E-state index < -0.39 is 0 Å². The molecule has 0 unspecified atom stereocenters. The van der Waals surface area contributed by atoms with Crippen LogP contribution in [0.3, 0.4) is 0 Å². The van der Waals surface area contributed by atoms with Crippen molar-refractivity contribution in [3.63, 3.8) is 0 Å². The Balaban J connectivity index is 1.28. The summed E-state index contributed by atoms with van der Waals surface area (Å²) in [5.41, 5.74) is 3.63. The first-order valence-corrected chi connectivity index (χ1v) is 12.8. The highest BCUT2D eigenvalue weighted by atomic mass is 32.1. The minimum absolute atomic E-state index is 0.0683. The molecule has 0 spiro atoms. The molecule has 0 N–H and O–H groups in total. The summed E-state index contributed by atoms with van der Waals surface area (Å²) >= 11 is 1.79. The van der Waals surface area contributed by atoms with E-state index in [4.69, 9.17) is 4.98 Å². The fourth-order valence-electron chi connectivity index (χ4n) is 5.23. The smallest absolute Gasteiger partial charge is 0.186 e. The molecule has 1 saturated carbocycles. The van der Waals surface area contributed by atoms with Gasteiger partial charge in [-0.15, -0.1) is 5.10 Å². The third kappa shape index (κ3) is 4.02. The van der Waals surface area contributed by atoms with Crippen molar-refractivity contribution >= 4 is 26.7 Å². The summed E-state index contributed by atoms with van der Waals surface area (Å²) in [6, 6.07) is 17.8. The number of fused-ring (bicyclic) bond motifs is 1. The van der Waals surface area contributed by atoms with Crippen LogP contribution in [0.25, 0.3) is 10.2 Å². The van der Waals surface area contributed by atoms with E-state index in [9.17, 15) is 0 Å². The van der Waals surface area contributed by atoms with Crippen LogP contribution in [0, 0.1) is 6.92 Å². The second kappa shape index (κ2) is 8.83. The van der Waals surface area contributed by atoms with Crippen LogP contribution in [-0.4, -0.2) is 56.3 Å². The summed E-state index contributed by atoms with van der Waals surface area (Å²) in [5.74, 6) is 0.985. The molecular weight excluding hydrogens is 430 g/mol. The lowest BCUT2D eigenvalue weighted by atomic mass is 10.0. The van der Waals surface area contributed by atoms with E-state index in [-0.39, 0.29) is 6.04 Å². The van der Waals surface area contributed by atoms with E-state index in [0.29, 0.717) is 6.04 Å². The molecule has 0 amide bonds. The Morgan fingerprint density at radius 1 is 0.939 bits per heavy atom. The van der Waals surface area contributed by atoms with Gasteiger partial charge in [-0.3, -0.25) is 4.90 Å². The van der Waals surface area contributed by atoms with Gasteiger partial charge in [0.05, 0.1) is 22.3 Å². The minimum Gasteiger partial charge on any atom is -0.345 e. The molecule has 170 valence electrons. The molecule has 2 aromatic heterocycles. The van der Waals surface area contributed by atoms with Crippen molar-refractivity contribution in [1.29, 1.82) is 0 Å². The van der Waals surface area contributed by atoms with Crippen molar-refractivity contribution in [3.05, 3.63) is 65.5 Å². The monoisotopic (exact) mass is 459 g/mol. The minimum atomic E-state index is 0.0683. The Labute approximate surface area is 198 Å². The van der Waals surface area contributed by atoms with E-state index >= 15 is 0 Å². The van der Waals surface area contributed by atoms with Crippen LogP contribution in [0.2, 0.25) is 0 Å². The second-order valence-electron chi connectivity index (χ2n) is 9.22. The highest BCUT2D eigenvalue weighted by molar-refractivity contribution is 7.22. The van der Waals surface area contributed by atoms with E-state index in [1.807, 2.05) is 0 Å². The van der Waals surface area contributed by atoms with Crippen molar-refractivity contribution in [1.82, 2.24) is 30.1 Å². The van der Waals surface area contributed by atoms with Crippen molar-refractivity contribution in [3.8, 4) is 0 Å². The predicted octanol–water partition coefficient (Wildman–Crippen LogP) is 4.62. The van der Waals surface area contributed by atoms with E-state index in [2.05, 4.69) is 85.5 Å². The van der Waals surface area contributed by atoms with Gasteiger partial charge in [0.1, 0.15) is 0 Å². The van der Waals surface area contributed by atoms with Gasteiger partial charge < -0.3 is 4.90 Å². The molecule has 4 aromatic rings. The predicted molar refractivity (Wildman–Crippen MR) is 132 cm³/mol. The Morgan fingerprint density at radius 2 is 1.70 bits per heavy atom. The number of anilines is 1. The molecule has 6 rings (SSSR count). The van der Waals surface area contributed by atoms with Gasteiger partial charge in [-0.05, 0) is 47.9 Å². The number of rotatable bonds is 5. The van der Waals surface area contributed by atoms with Crippen LogP contribution in [0.5, 0.6) is 0 Å². The van der Waals surface area contributed by atoms with Crippen LogP contribution < -0.4 is 4.90 Å². The van der Waals surface area contributed by atoms with Gasteiger partial charge in [-0.25, -0.2) is 9.67 Å². The molecule has 0 radical (unpaired) electrons. The van der Waals surface area contributed by atoms with E-state index in [1.54, 1.807) is 11.3 Å². The van der Waals surface area contributed by atoms with Gasteiger partial charge in [-0.1, -0.05) is 66.1 Å². The number of benzene rings is 2. The molecule has 2 aromatic carbocycles. The van der Waals surface area contributed by atoms with Crippen molar-refractivity contribution in [2.24, 2.45) is 0 Å². The summed E-state index contributed by atoms with van der Waals surface area (Å²) in [5, 5.41) is 14.3. The molecule has 1 atom stereocenters. The van der Waals surface area contributed by atoms with Crippen LogP contribution in [-0.2, 0) is 0 Å². The lowest BCUT2D eigenvalue weighted by molar-refractivity contribution is 0.197. The van der Waals surface area contributed by atoms with Crippen LogP contribution >= 0.6 is 11.3 Å². The third-order valence-electron chi connectivity index (χ3n) is 7.06. The molecule has 7 nitrogen and oxygen atoms in total. The lowest BCUT2D eigenvalue weighted by Crippen LogP contribution is -2.48. The molecule has 1 aliphatic heterocycles. The number of tetrazole rings is 1. The first-order valence-electron chi connectivity index (χ1n) is 12.0. The largest absolute Gasteiger partial charge is 0.345 e. The fraction of sp³-hybridized carbons (Fsp3) is 0.440. The maximum Gasteiger partial charge on any atom is 0.186 e. The summed E-state index contributed by atoms with van der Waals surface area (Å²) < 4.78 is 3.38. The molecule has 8 heteroatoms. The van der Waals surface area contributed by atoms with Crippen molar-refractivity contribution < 1.29 is 0 Å². The highest BCUT2D eigenvalue weighted by Gasteiger charge is 2.33. The van der Waals surface area contributed by atoms with E-state index in [1.165, 1.54) is 41.5 Å². The topological polar surface area (TPSA) is 63.0 Å². The average molecular weight is 460 g/mol. The number of piperazine rings is 1. The number of hydrogen-bond donors (Lipinski definition) is 0. The quantitative estimate of drug-likeness (QED) is 0.434. The molecule has 3 heterocycles. The number of hydrogen-bond acceptors (Lipinski definition) is 7. The zero-order valence-corrected chi connectivity index (χ0v) is 19.8. The van der Waals surface area contributed by atoms with E-state index in [0.717, 1.165) is 42.7 Å². The van der Waals surface area contributed by atoms with Crippen molar-refractivity contribution in [2.45, 2.75) is 44.7 Å². The Bertz CT molecular complexity index is 1180. The van der Waals surface area contributed by atoms with Gasteiger partial charge in [0.15, 0.2) is 11.0 Å². The number of nitrogens with zero attached hydrogens (tertiary/aromatic N) is 7. The molecule has 1 saturated heterocycles. The lowest BCUT2D eigenvalue weighted by Gasteiger charge is -2.39. The number of thiazole rings is 1. The normalized spacial score (nSPS) is 18.9. The first kappa shape index (κ1) is 20.7. The van der Waals surface area contributed by atoms with Gasteiger partial charge in [0, 0.05) is 26.2 Å². The van der Waals surface area contributed by atoms with Crippen LogP contribution in [0.1, 0.15) is 54.7 Å². The summed E-state index contributed by atoms with van der Waals surface area (Å²) in [6.07, 6.45) is 4.87. The van der Waals surface area contributed by atoms with Gasteiger partial charge in [0.2, 0.25) is 0 Å². The first-order chi connectivity index (χ1) is 16.3. The molecule has 2 aliphatic rings. The van der Waals surface area contributed by atoms with Gasteiger partial charge in [-0.2, -0.15) is 0 Å². The summed E-state index contributed by atoms with van der Waals surface area (Å²) in [7, 11) is 0.